The molecule has 126 heavy (non-hydrogen) atoms. The second-order valence-corrected chi connectivity index (χ2v) is 37.8. The lowest BCUT2D eigenvalue weighted by Gasteiger charge is -2.61. The van der Waals surface area contributed by atoms with Gasteiger partial charge < -0.3 is 9.80 Å². The van der Waals surface area contributed by atoms with Crippen LogP contribution >= 0.6 is 0 Å². The summed E-state index contributed by atoms with van der Waals surface area (Å²) >= 11 is 0. The first kappa shape index (κ1) is 74.7. The summed E-state index contributed by atoms with van der Waals surface area (Å²) in [6, 6.07) is 158. The molecule has 0 radical (unpaired) electrons. The Hall–Kier alpha value is -13.9. The van der Waals surface area contributed by atoms with Crippen molar-refractivity contribution in [3.63, 3.8) is 0 Å². The van der Waals surface area contributed by atoms with Crippen molar-refractivity contribution in [1.82, 2.24) is 0 Å². The standard InChI is InChI=1S/2C62H49N/c1-2-10-43(11-3-1)45-24-30-52(31-25-45)63(54-34-28-48(29-35-54)56-16-8-13-47-12-4-5-14-55(47)56)53-32-26-46(27-33-53)44-20-22-49(23-21-44)57-17-9-18-59-58-15-6-7-19-60(58)62(61(57)59)50-37-41-36-42(39-50)40-51(62)38-41;1-2-9-43(10-3-1)45-21-28-53(29-22-45)63(55-32-25-49(26-33-55)57-15-8-12-48-11-4-5-13-56(48)57)54-30-23-46(24-31-54)44-17-19-47(20-18-44)50-27-34-61-59(40-50)58-14-6-7-16-60(58)62(61)51-36-41-35-42(38-51)39-52(62)37-41/h1-35,41-42,50-51H,36-40H2;1-34,40-42,51-52H,35-39H2. The molecule has 2 spiro atoms. The van der Waals surface area contributed by atoms with Gasteiger partial charge in [-0.1, -0.05) is 346 Å². The molecule has 0 N–H and O–H groups in total. The molecular formula is C124H98N2. The molecule has 8 bridgehead atoms. The maximum absolute atomic E-state index is 2.54. The lowest BCUT2D eigenvalue weighted by atomic mass is 9.42. The maximum atomic E-state index is 2.54. The van der Waals surface area contributed by atoms with E-state index in [9.17, 15) is 0 Å². The number of benzene rings is 18. The summed E-state index contributed by atoms with van der Waals surface area (Å²) in [5.74, 6) is 6.86. The average molecular weight is 1620 g/mol. The van der Waals surface area contributed by atoms with Gasteiger partial charge in [-0.2, -0.15) is 0 Å². The summed E-state index contributed by atoms with van der Waals surface area (Å²) in [7, 11) is 0. The fourth-order valence-electron chi connectivity index (χ4n) is 26.4. The van der Waals surface area contributed by atoms with Crippen LogP contribution in [0.15, 0.2) is 425 Å². The first-order valence-corrected chi connectivity index (χ1v) is 46.3. The molecule has 0 aromatic heterocycles. The van der Waals surface area contributed by atoms with E-state index in [2.05, 4.69) is 434 Å². The molecule has 10 aliphatic rings. The molecule has 2 heteroatoms. The van der Waals surface area contributed by atoms with Gasteiger partial charge in [0.05, 0.1) is 0 Å². The van der Waals surface area contributed by atoms with Crippen LogP contribution in [-0.2, 0) is 10.8 Å². The van der Waals surface area contributed by atoms with Gasteiger partial charge >= 0.3 is 0 Å². The average Bonchev–Trinajstić information content (AvgIpc) is 1.48. The Morgan fingerprint density at radius 3 is 0.833 bits per heavy atom. The Bertz CT molecular complexity index is 7070. The van der Waals surface area contributed by atoms with E-state index < -0.39 is 0 Å². The van der Waals surface area contributed by atoms with Gasteiger partial charge in [0.1, 0.15) is 0 Å². The summed E-state index contributed by atoms with van der Waals surface area (Å²) in [6.45, 7) is 0. The van der Waals surface area contributed by atoms with E-state index in [1.54, 1.807) is 22.3 Å². The van der Waals surface area contributed by atoms with Gasteiger partial charge in [0, 0.05) is 45.0 Å². The van der Waals surface area contributed by atoms with E-state index in [0.717, 1.165) is 81.5 Å². The molecule has 18 aromatic carbocycles. The smallest absolute Gasteiger partial charge is 0.0462 e. The topological polar surface area (TPSA) is 6.48 Å². The lowest BCUT2D eigenvalue weighted by molar-refractivity contribution is -0.0399. The van der Waals surface area contributed by atoms with Crippen LogP contribution in [0, 0.1) is 47.3 Å². The van der Waals surface area contributed by atoms with E-state index >= 15 is 0 Å². The molecule has 8 fully saturated rings. The molecule has 2 nitrogen and oxygen atoms in total. The highest BCUT2D eigenvalue weighted by atomic mass is 15.1. The van der Waals surface area contributed by atoms with Gasteiger partial charge in [-0.25, -0.2) is 0 Å². The van der Waals surface area contributed by atoms with Crippen LogP contribution in [0.4, 0.5) is 34.1 Å². The largest absolute Gasteiger partial charge is 0.311 e. The molecule has 0 aliphatic heterocycles. The predicted molar refractivity (Wildman–Crippen MR) is 527 cm³/mol. The van der Waals surface area contributed by atoms with E-state index in [1.165, 1.54) is 197 Å². The maximum Gasteiger partial charge on any atom is 0.0462 e. The normalized spacial score (nSPS) is 21.4. The van der Waals surface area contributed by atoms with Crippen LogP contribution in [0.5, 0.6) is 0 Å². The molecule has 8 saturated carbocycles. The quantitative estimate of drug-likeness (QED) is 0.107. The molecule has 0 saturated heterocycles. The number of anilines is 6. The zero-order valence-electron chi connectivity index (χ0n) is 71.0. The minimum absolute atomic E-state index is 0.147. The summed E-state index contributed by atoms with van der Waals surface area (Å²) in [6.07, 6.45) is 14.2. The van der Waals surface area contributed by atoms with Crippen molar-refractivity contribution in [3.8, 4) is 111 Å². The zero-order chi connectivity index (χ0) is 83.0. The Morgan fingerprint density at radius 2 is 0.421 bits per heavy atom. The fraction of sp³-hybridized carbons (Fsp3) is 0.161. The van der Waals surface area contributed by atoms with Crippen LogP contribution in [0.1, 0.15) is 86.5 Å². The second kappa shape index (κ2) is 30.5. The van der Waals surface area contributed by atoms with Crippen LogP contribution < -0.4 is 9.80 Å². The van der Waals surface area contributed by atoms with Gasteiger partial charge in [-0.3, -0.25) is 0 Å². The number of hydrogen-bond acceptors (Lipinski definition) is 2. The molecule has 0 atom stereocenters. The summed E-state index contributed by atoms with van der Waals surface area (Å²) in [4.78, 5) is 4.75. The molecule has 0 amide bonds. The van der Waals surface area contributed by atoms with Gasteiger partial charge in [0.25, 0.3) is 0 Å². The third kappa shape index (κ3) is 12.4. The molecule has 604 valence electrons. The first-order valence-electron chi connectivity index (χ1n) is 46.3. The lowest BCUT2D eigenvalue weighted by Crippen LogP contribution is -2.55. The van der Waals surface area contributed by atoms with Crippen LogP contribution in [-0.4, -0.2) is 0 Å². The zero-order valence-corrected chi connectivity index (χ0v) is 71.0. The van der Waals surface area contributed by atoms with Crippen molar-refractivity contribution in [1.29, 1.82) is 0 Å². The fourth-order valence-corrected chi connectivity index (χ4v) is 26.4. The number of nitrogens with zero attached hydrogens (tertiary/aromatic N) is 2. The molecular weight excluding hydrogens is 1520 g/mol. The molecule has 28 rings (SSSR count). The minimum Gasteiger partial charge on any atom is -0.311 e. The Kier molecular flexibility index (Phi) is 18.1. The number of hydrogen-bond donors (Lipinski definition) is 0. The molecule has 0 unspecified atom stereocenters. The minimum atomic E-state index is 0.147. The highest BCUT2D eigenvalue weighted by Crippen LogP contribution is 2.72. The summed E-state index contributed by atoms with van der Waals surface area (Å²) < 4.78 is 0. The monoisotopic (exact) mass is 1610 g/mol. The molecule has 0 heterocycles. The second-order valence-electron chi connectivity index (χ2n) is 37.8. The number of fused-ring (bicyclic) bond motifs is 8. The van der Waals surface area contributed by atoms with E-state index in [4.69, 9.17) is 0 Å². The van der Waals surface area contributed by atoms with Gasteiger partial charge in [0.15, 0.2) is 0 Å². The Labute approximate surface area is 740 Å². The Balaban J connectivity index is 0.000000137. The van der Waals surface area contributed by atoms with E-state index in [1.807, 2.05) is 0 Å². The summed E-state index contributed by atoms with van der Waals surface area (Å²) in [5.41, 5.74) is 39.6. The first-order chi connectivity index (χ1) is 62.4. The Morgan fingerprint density at radius 1 is 0.167 bits per heavy atom. The van der Waals surface area contributed by atoms with Crippen molar-refractivity contribution in [2.45, 2.75) is 75.0 Å². The SMILES string of the molecule is c1ccc(-c2ccc(N(c3ccc(-c4ccc(-c5ccc6c(c5)-c5ccccc5C65C6CC7CC(C6)CC5C7)cc4)cc3)c3ccc(-c4cccc5ccccc45)cc3)cc2)cc1.c1ccc(-c2ccc(N(c3ccc(-c4ccc(-c5cccc6c5C5(c7ccccc7-6)C6CC7CC(C6)CC5C7)cc4)cc3)c3ccc(-c4cccc5ccccc45)cc3)cc2)cc1. The van der Waals surface area contributed by atoms with Crippen molar-refractivity contribution in [3.05, 3.63) is 447 Å². The van der Waals surface area contributed by atoms with Crippen molar-refractivity contribution in [2.24, 2.45) is 47.3 Å². The predicted octanol–water partition coefficient (Wildman–Crippen LogP) is 33.4. The van der Waals surface area contributed by atoms with Crippen molar-refractivity contribution in [2.75, 3.05) is 9.80 Å². The van der Waals surface area contributed by atoms with Gasteiger partial charge in [-0.05, 0) is 345 Å². The van der Waals surface area contributed by atoms with Crippen LogP contribution in [0.25, 0.3) is 133 Å². The van der Waals surface area contributed by atoms with Crippen molar-refractivity contribution < 1.29 is 0 Å². The van der Waals surface area contributed by atoms with Crippen LogP contribution in [0.2, 0.25) is 0 Å². The van der Waals surface area contributed by atoms with E-state index in [-0.39, 0.29) is 10.8 Å². The third-order valence-electron chi connectivity index (χ3n) is 31.4. The third-order valence-corrected chi connectivity index (χ3v) is 31.4. The van der Waals surface area contributed by atoms with Crippen LogP contribution in [0.3, 0.4) is 0 Å². The summed E-state index contributed by atoms with van der Waals surface area (Å²) in [5, 5.41) is 5.06. The molecule has 18 aromatic rings. The van der Waals surface area contributed by atoms with E-state index in [0.29, 0.717) is 0 Å². The highest BCUT2D eigenvalue weighted by molar-refractivity contribution is 5.99. The van der Waals surface area contributed by atoms with Crippen molar-refractivity contribution >= 4 is 55.7 Å². The highest BCUT2D eigenvalue weighted by Gasteiger charge is 2.63. The van der Waals surface area contributed by atoms with Gasteiger partial charge in [-0.15, -0.1) is 0 Å². The number of rotatable bonds is 14. The molecule has 10 aliphatic carbocycles. The van der Waals surface area contributed by atoms with Gasteiger partial charge in [0.2, 0.25) is 0 Å².